The third kappa shape index (κ3) is 3.39. The molecule has 3 aromatic rings. The van der Waals surface area contributed by atoms with Crippen LogP contribution in [0.1, 0.15) is 27.9 Å². The van der Waals surface area contributed by atoms with Gasteiger partial charge >= 0.3 is 6.18 Å². The van der Waals surface area contributed by atoms with Gasteiger partial charge in [-0.2, -0.15) is 13.2 Å². The number of aromatic nitrogens is 1. The topological polar surface area (TPSA) is 8.17 Å². The maximum Gasteiger partial charge on any atom is 0.416 e. The first kappa shape index (κ1) is 17.9. The van der Waals surface area contributed by atoms with Gasteiger partial charge in [0.15, 0.2) is 0 Å². The lowest BCUT2D eigenvalue weighted by Crippen LogP contribution is -2.26. The van der Waals surface area contributed by atoms with Crippen molar-refractivity contribution in [1.82, 2.24) is 9.47 Å². The van der Waals surface area contributed by atoms with Crippen LogP contribution >= 0.6 is 0 Å². The van der Waals surface area contributed by atoms with Crippen LogP contribution in [0, 0.1) is 6.92 Å². The summed E-state index contributed by atoms with van der Waals surface area (Å²) in [6.45, 7) is 3.60. The number of alkyl halides is 3. The van der Waals surface area contributed by atoms with E-state index in [1.807, 2.05) is 50.5 Å². The highest BCUT2D eigenvalue weighted by molar-refractivity contribution is 5.89. The van der Waals surface area contributed by atoms with Gasteiger partial charge in [-0.1, -0.05) is 29.8 Å². The van der Waals surface area contributed by atoms with Gasteiger partial charge in [-0.05, 0) is 49.4 Å². The second-order valence-corrected chi connectivity index (χ2v) is 7.24. The smallest absolute Gasteiger partial charge is 0.320 e. The summed E-state index contributed by atoms with van der Waals surface area (Å²) >= 11 is 0. The quantitative estimate of drug-likeness (QED) is 0.571. The normalized spacial score (nSPS) is 15.6. The van der Waals surface area contributed by atoms with Crippen molar-refractivity contribution in [1.29, 1.82) is 0 Å². The van der Waals surface area contributed by atoms with Gasteiger partial charge in [0.2, 0.25) is 0 Å². The second kappa shape index (κ2) is 6.57. The Morgan fingerprint density at radius 1 is 1.04 bits per heavy atom. The van der Waals surface area contributed by atoms with E-state index in [0.717, 1.165) is 35.3 Å². The molecule has 0 aliphatic carbocycles. The number of rotatable bonds is 2. The van der Waals surface area contributed by atoms with E-state index < -0.39 is 11.7 Å². The molecule has 0 radical (unpaired) electrons. The molecule has 0 N–H and O–H groups in total. The Kier molecular flexibility index (Phi) is 4.35. The zero-order valence-corrected chi connectivity index (χ0v) is 15.3. The molecule has 0 amide bonds. The Morgan fingerprint density at radius 2 is 1.78 bits per heavy atom. The van der Waals surface area contributed by atoms with Crippen LogP contribution in [0.2, 0.25) is 0 Å². The Morgan fingerprint density at radius 3 is 2.48 bits per heavy atom. The van der Waals surface area contributed by atoms with Gasteiger partial charge in [0, 0.05) is 36.8 Å². The van der Waals surface area contributed by atoms with Gasteiger partial charge in [-0.15, -0.1) is 0 Å². The number of likely N-dealkylation sites (N-methyl/N-ethyl adjacent to an activating group) is 1. The Hall–Kier alpha value is -2.53. The van der Waals surface area contributed by atoms with Crippen LogP contribution < -0.4 is 0 Å². The molecule has 1 aliphatic heterocycles. The van der Waals surface area contributed by atoms with Crippen LogP contribution in [0.25, 0.3) is 23.2 Å². The van der Waals surface area contributed by atoms with Crippen LogP contribution in [0.4, 0.5) is 13.2 Å². The molecule has 0 saturated heterocycles. The highest BCUT2D eigenvalue weighted by atomic mass is 19.4. The first-order chi connectivity index (χ1) is 12.8. The van der Waals surface area contributed by atoms with E-state index in [1.54, 1.807) is 6.07 Å². The van der Waals surface area contributed by atoms with E-state index in [9.17, 15) is 13.2 Å². The van der Waals surface area contributed by atoms with Crippen molar-refractivity contribution < 1.29 is 13.2 Å². The van der Waals surface area contributed by atoms with Gasteiger partial charge < -0.3 is 9.47 Å². The molecule has 0 fully saturated rings. The molecule has 5 heteroatoms. The van der Waals surface area contributed by atoms with Crippen LogP contribution in [0.15, 0.2) is 42.5 Å². The SMILES string of the molecule is Cc1ccc(C=Cn2c3c(c4cc(C(F)(F)F)ccc42)CN(C)CC3)cc1. The summed E-state index contributed by atoms with van der Waals surface area (Å²) < 4.78 is 41.7. The predicted molar refractivity (Wildman–Crippen MR) is 103 cm³/mol. The summed E-state index contributed by atoms with van der Waals surface area (Å²) in [5.74, 6) is 0. The Labute approximate surface area is 156 Å². The Bertz CT molecular complexity index is 1010. The minimum atomic E-state index is -4.33. The molecular weight excluding hydrogens is 349 g/mol. The molecule has 0 spiro atoms. The van der Waals surface area contributed by atoms with E-state index >= 15 is 0 Å². The number of halogens is 3. The summed E-state index contributed by atoms with van der Waals surface area (Å²) in [5.41, 5.74) is 4.59. The molecule has 0 atom stereocenters. The summed E-state index contributed by atoms with van der Waals surface area (Å²) in [5, 5.41) is 0.694. The van der Waals surface area contributed by atoms with Gasteiger partial charge in [0.1, 0.15) is 0 Å². The van der Waals surface area contributed by atoms with Gasteiger partial charge in [-0.3, -0.25) is 0 Å². The zero-order valence-electron chi connectivity index (χ0n) is 15.3. The number of hydrogen-bond acceptors (Lipinski definition) is 1. The van der Waals surface area contributed by atoms with Crippen LogP contribution in [-0.4, -0.2) is 23.1 Å². The van der Waals surface area contributed by atoms with E-state index in [-0.39, 0.29) is 0 Å². The summed E-state index contributed by atoms with van der Waals surface area (Å²) in [4.78, 5) is 2.15. The van der Waals surface area contributed by atoms with Crippen molar-refractivity contribution in [3.8, 4) is 0 Å². The molecule has 27 heavy (non-hydrogen) atoms. The van der Waals surface area contributed by atoms with Crippen molar-refractivity contribution in [2.75, 3.05) is 13.6 Å². The molecular formula is C22H21F3N2. The lowest BCUT2D eigenvalue weighted by atomic mass is 10.0. The third-order valence-corrected chi connectivity index (χ3v) is 5.20. The Balaban J connectivity index is 1.85. The van der Waals surface area contributed by atoms with Crippen LogP contribution in [-0.2, 0) is 19.1 Å². The number of fused-ring (bicyclic) bond motifs is 3. The highest BCUT2D eigenvalue weighted by Crippen LogP contribution is 2.36. The lowest BCUT2D eigenvalue weighted by molar-refractivity contribution is -0.137. The fraction of sp³-hybridized carbons (Fsp3) is 0.273. The maximum absolute atomic E-state index is 13.2. The molecule has 1 aromatic heterocycles. The molecule has 0 unspecified atom stereocenters. The summed E-state index contributed by atoms with van der Waals surface area (Å²) in [7, 11) is 2.00. The van der Waals surface area contributed by atoms with Crippen molar-refractivity contribution >= 4 is 23.2 Å². The summed E-state index contributed by atoms with van der Waals surface area (Å²) in [6.07, 6.45) is 0.473. The van der Waals surface area contributed by atoms with Crippen LogP contribution in [0.5, 0.6) is 0 Å². The zero-order chi connectivity index (χ0) is 19.2. The fourth-order valence-corrected chi connectivity index (χ4v) is 3.71. The van der Waals surface area contributed by atoms with Gasteiger partial charge in [-0.25, -0.2) is 0 Å². The molecule has 0 bridgehead atoms. The minimum Gasteiger partial charge on any atom is -0.320 e. The van der Waals surface area contributed by atoms with E-state index in [4.69, 9.17) is 0 Å². The number of benzene rings is 2. The number of hydrogen-bond donors (Lipinski definition) is 0. The van der Waals surface area contributed by atoms with Crippen molar-refractivity contribution in [3.05, 3.63) is 70.4 Å². The maximum atomic E-state index is 13.2. The minimum absolute atomic E-state index is 0.592. The average molecular weight is 370 g/mol. The van der Waals surface area contributed by atoms with Gasteiger partial charge in [0.05, 0.1) is 11.1 Å². The molecule has 2 heterocycles. The van der Waals surface area contributed by atoms with Crippen LogP contribution in [0.3, 0.4) is 0 Å². The lowest BCUT2D eigenvalue weighted by Gasteiger charge is -2.23. The summed E-state index contributed by atoms with van der Waals surface area (Å²) in [6, 6.07) is 12.2. The molecule has 0 saturated carbocycles. The first-order valence-electron chi connectivity index (χ1n) is 8.99. The van der Waals surface area contributed by atoms with Crippen molar-refractivity contribution in [2.45, 2.75) is 26.1 Å². The number of nitrogens with zero attached hydrogens (tertiary/aromatic N) is 2. The highest BCUT2D eigenvalue weighted by Gasteiger charge is 2.32. The van der Waals surface area contributed by atoms with E-state index in [2.05, 4.69) is 9.47 Å². The molecule has 4 rings (SSSR count). The van der Waals surface area contributed by atoms with E-state index in [1.165, 1.54) is 17.7 Å². The fourth-order valence-electron chi connectivity index (χ4n) is 3.71. The molecule has 140 valence electrons. The number of aryl methyl sites for hydroxylation is 1. The molecule has 2 nitrogen and oxygen atoms in total. The molecule has 2 aromatic carbocycles. The first-order valence-corrected chi connectivity index (χ1v) is 8.99. The second-order valence-electron chi connectivity index (χ2n) is 7.24. The van der Waals surface area contributed by atoms with E-state index in [0.29, 0.717) is 11.9 Å². The molecule has 1 aliphatic rings. The predicted octanol–water partition coefficient (Wildman–Crippen LogP) is 5.58. The third-order valence-electron chi connectivity index (χ3n) is 5.20. The van der Waals surface area contributed by atoms with Gasteiger partial charge in [0.25, 0.3) is 0 Å². The van der Waals surface area contributed by atoms with Crippen molar-refractivity contribution in [3.63, 3.8) is 0 Å². The monoisotopic (exact) mass is 370 g/mol. The standard InChI is InChI=1S/C22H21F3N2/c1-15-3-5-16(6-4-15)9-12-27-20-8-7-17(22(23,24)25)13-18(20)19-14-26(2)11-10-21(19)27/h3-9,12-13H,10-11,14H2,1-2H3. The van der Waals surface area contributed by atoms with Crippen molar-refractivity contribution in [2.24, 2.45) is 0 Å². The average Bonchev–Trinajstić information content (AvgIpc) is 2.93. The largest absolute Gasteiger partial charge is 0.416 e.